The molecule has 2 heterocycles. The third-order valence-electron chi connectivity index (χ3n) is 5.85. The van der Waals surface area contributed by atoms with Gasteiger partial charge in [-0.05, 0) is 50.1 Å². The fourth-order valence-corrected chi connectivity index (χ4v) is 4.27. The molecule has 2 aromatic rings. The van der Waals surface area contributed by atoms with Gasteiger partial charge in [-0.25, -0.2) is 0 Å². The Morgan fingerprint density at radius 2 is 1.90 bits per heavy atom. The summed E-state index contributed by atoms with van der Waals surface area (Å²) in [5.41, 5.74) is 1.47. The second-order valence-electron chi connectivity index (χ2n) is 8.59. The molecule has 2 aliphatic rings. The highest BCUT2D eigenvalue weighted by molar-refractivity contribution is 5.76. The first kappa shape index (κ1) is 20.6. The van der Waals surface area contributed by atoms with Crippen LogP contribution in [0.5, 0.6) is 5.75 Å². The van der Waals surface area contributed by atoms with Gasteiger partial charge in [-0.2, -0.15) is 13.2 Å². The van der Waals surface area contributed by atoms with Crippen LogP contribution >= 0.6 is 0 Å². The van der Waals surface area contributed by atoms with E-state index in [1.807, 2.05) is 32.0 Å². The number of hydrogen-bond donors (Lipinski definition) is 0. The second-order valence-corrected chi connectivity index (χ2v) is 8.59. The van der Waals surface area contributed by atoms with Crippen LogP contribution in [0, 0.1) is 5.92 Å². The monoisotopic (exact) mass is 419 g/mol. The topological polar surface area (TPSA) is 38.8 Å². The quantitative estimate of drug-likeness (QED) is 0.656. The molecule has 0 spiro atoms. The second kappa shape index (κ2) is 7.22. The molecule has 2 aliphatic heterocycles. The molecule has 1 fully saturated rings. The molecule has 0 amide bonds. The molecular formula is C23H24F3NO3. The Balaban J connectivity index is 1.64. The van der Waals surface area contributed by atoms with Crippen molar-refractivity contribution < 1.29 is 27.4 Å². The first-order valence-electron chi connectivity index (χ1n) is 9.90. The maximum Gasteiger partial charge on any atom is 0.416 e. The van der Waals surface area contributed by atoms with Crippen molar-refractivity contribution in [1.29, 1.82) is 0 Å². The van der Waals surface area contributed by atoms with Gasteiger partial charge in [-0.3, -0.25) is 4.79 Å². The van der Waals surface area contributed by atoms with E-state index in [0.29, 0.717) is 19.5 Å². The molecule has 30 heavy (non-hydrogen) atoms. The average molecular weight is 419 g/mol. The normalized spacial score (nSPS) is 20.7. The highest BCUT2D eigenvalue weighted by atomic mass is 19.4. The van der Waals surface area contributed by atoms with Gasteiger partial charge in [0.1, 0.15) is 11.4 Å². The van der Waals surface area contributed by atoms with Crippen LogP contribution in [0.3, 0.4) is 0 Å². The Bertz CT molecular complexity index is 964. The van der Waals surface area contributed by atoms with Crippen molar-refractivity contribution in [2.45, 2.75) is 38.0 Å². The molecule has 0 aliphatic carbocycles. The molecule has 1 atom stereocenters. The molecule has 7 heteroatoms. The van der Waals surface area contributed by atoms with Gasteiger partial charge in [-0.15, -0.1) is 0 Å². The summed E-state index contributed by atoms with van der Waals surface area (Å²) in [5, 5.41) is 0. The lowest BCUT2D eigenvalue weighted by atomic mass is 9.79. The van der Waals surface area contributed by atoms with Crippen LogP contribution in [-0.2, 0) is 15.7 Å². The number of anilines is 1. The van der Waals surface area contributed by atoms with Gasteiger partial charge < -0.3 is 14.4 Å². The van der Waals surface area contributed by atoms with Crippen molar-refractivity contribution in [2.24, 2.45) is 5.92 Å². The maximum atomic E-state index is 13.2. The molecule has 0 aromatic heterocycles. The van der Waals surface area contributed by atoms with E-state index >= 15 is 0 Å². The fraction of sp³-hybridized carbons (Fsp3) is 0.435. The van der Waals surface area contributed by atoms with Crippen molar-refractivity contribution in [3.8, 4) is 5.75 Å². The van der Waals surface area contributed by atoms with Crippen LogP contribution in [-0.4, -0.2) is 31.8 Å². The molecule has 4 nitrogen and oxygen atoms in total. The summed E-state index contributed by atoms with van der Waals surface area (Å²) < 4.78 is 50.2. The summed E-state index contributed by atoms with van der Waals surface area (Å²) in [6.07, 6.45) is -3.76. The van der Waals surface area contributed by atoms with Gasteiger partial charge in [-0.1, -0.05) is 18.2 Å². The molecule has 160 valence electrons. The number of carbonyl (C=O) groups is 1. The summed E-state index contributed by atoms with van der Waals surface area (Å²) in [7, 11) is 1.39. The lowest BCUT2D eigenvalue weighted by Gasteiger charge is -2.40. The van der Waals surface area contributed by atoms with E-state index in [-0.39, 0.29) is 23.6 Å². The molecule has 0 saturated carbocycles. The summed E-state index contributed by atoms with van der Waals surface area (Å²) in [5.74, 6) is -0.125. The minimum atomic E-state index is -4.41. The summed E-state index contributed by atoms with van der Waals surface area (Å²) in [6.45, 7) is 4.98. The molecule has 0 bridgehead atoms. The number of ether oxygens (including phenoxy) is 2. The number of alkyl halides is 3. The number of nitrogens with zero attached hydrogens (tertiary/aromatic N) is 1. The van der Waals surface area contributed by atoms with Gasteiger partial charge in [0.2, 0.25) is 0 Å². The highest BCUT2D eigenvalue weighted by Crippen LogP contribution is 2.46. The number of fused-ring (bicyclic) bond motifs is 1. The highest BCUT2D eigenvalue weighted by Gasteiger charge is 2.38. The van der Waals surface area contributed by atoms with Crippen molar-refractivity contribution in [1.82, 2.24) is 0 Å². The van der Waals surface area contributed by atoms with Crippen LogP contribution in [0.25, 0.3) is 0 Å². The maximum absolute atomic E-state index is 13.2. The number of halogens is 3. The van der Waals surface area contributed by atoms with E-state index in [0.717, 1.165) is 28.9 Å². The van der Waals surface area contributed by atoms with Gasteiger partial charge in [0.05, 0.1) is 18.6 Å². The van der Waals surface area contributed by atoms with Gasteiger partial charge >= 0.3 is 12.1 Å². The Morgan fingerprint density at radius 1 is 1.17 bits per heavy atom. The van der Waals surface area contributed by atoms with Crippen LogP contribution < -0.4 is 9.64 Å². The van der Waals surface area contributed by atoms with Crippen molar-refractivity contribution in [2.75, 3.05) is 25.1 Å². The zero-order chi connectivity index (χ0) is 21.7. The average Bonchev–Trinajstić information content (AvgIpc) is 2.64. The number of methoxy groups -OCH3 is 1. The van der Waals surface area contributed by atoms with Crippen LogP contribution in [0.2, 0.25) is 0 Å². The molecule has 1 saturated heterocycles. The van der Waals surface area contributed by atoms with Gasteiger partial charge in [0, 0.05) is 30.3 Å². The smallest absolute Gasteiger partial charge is 0.416 e. The minimum absolute atomic E-state index is 0.0799. The fourth-order valence-electron chi connectivity index (χ4n) is 4.27. The van der Waals surface area contributed by atoms with Crippen molar-refractivity contribution in [3.05, 3.63) is 59.2 Å². The number of rotatable bonds is 3. The number of benzene rings is 2. The largest absolute Gasteiger partial charge is 0.488 e. The van der Waals surface area contributed by atoms with Gasteiger partial charge in [0.15, 0.2) is 0 Å². The molecule has 2 aromatic carbocycles. The van der Waals surface area contributed by atoms with Crippen LogP contribution in [0.1, 0.15) is 42.9 Å². The van der Waals surface area contributed by atoms with Gasteiger partial charge in [0.25, 0.3) is 0 Å². The van der Waals surface area contributed by atoms with E-state index < -0.39 is 17.3 Å². The van der Waals surface area contributed by atoms with Crippen LogP contribution in [0.4, 0.5) is 18.9 Å². The third kappa shape index (κ3) is 3.85. The van der Waals surface area contributed by atoms with E-state index in [9.17, 15) is 18.0 Å². The predicted octanol–water partition coefficient (Wildman–Crippen LogP) is 5.01. The van der Waals surface area contributed by atoms with E-state index in [1.54, 1.807) is 0 Å². The summed E-state index contributed by atoms with van der Waals surface area (Å²) in [6, 6.07) is 11.7. The Labute approximate surface area is 173 Å². The van der Waals surface area contributed by atoms with E-state index in [2.05, 4.69) is 11.0 Å². The third-order valence-corrected chi connectivity index (χ3v) is 5.85. The molecular weight excluding hydrogens is 395 g/mol. The minimum Gasteiger partial charge on any atom is -0.488 e. The standard InChI is InChI=1S/C23H24F3NO3/c1-22(2)11-19(18-8-7-16(23(24,25)26)10-20(18)30-22)14-5-4-6-17(9-14)27-12-15(13-27)21(28)29-3/h4-10,15,19H,11-13H2,1-3H3. The Kier molecular flexibility index (Phi) is 4.95. The zero-order valence-corrected chi connectivity index (χ0v) is 17.1. The molecule has 1 unspecified atom stereocenters. The number of esters is 1. The summed E-state index contributed by atoms with van der Waals surface area (Å²) in [4.78, 5) is 13.7. The van der Waals surface area contributed by atoms with Crippen LogP contribution in [0.15, 0.2) is 42.5 Å². The predicted molar refractivity (Wildman–Crippen MR) is 107 cm³/mol. The van der Waals surface area contributed by atoms with E-state index in [1.165, 1.54) is 13.2 Å². The lowest BCUT2D eigenvalue weighted by molar-refractivity contribution is -0.146. The molecule has 0 N–H and O–H groups in total. The molecule has 0 radical (unpaired) electrons. The summed E-state index contributed by atoms with van der Waals surface area (Å²) >= 11 is 0. The molecule has 4 rings (SSSR count). The van der Waals surface area contributed by atoms with Crippen molar-refractivity contribution >= 4 is 11.7 Å². The Morgan fingerprint density at radius 3 is 2.57 bits per heavy atom. The van der Waals surface area contributed by atoms with E-state index in [4.69, 9.17) is 9.47 Å². The van der Waals surface area contributed by atoms with Crippen molar-refractivity contribution in [3.63, 3.8) is 0 Å². The first-order chi connectivity index (χ1) is 14.1. The number of carbonyl (C=O) groups excluding carboxylic acids is 1. The first-order valence-corrected chi connectivity index (χ1v) is 9.90. The lowest BCUT2D eigenvalue weighted by Crippen LogP contribution is -2.50. The zero-order valence-electron chi connectivity index (χ0n) is 17.1. The SMILES string of the molecule is COC(=O)C1CN(c2cccc(C3CC(C)(C)Oc4cc(C(F)(F)F)ccc43)c2)C1. The number of hydrogen-bond acceptors (Lipinski definition) is 4. The Hall–Kier alpha value is -2.70.